The molecule has 2 aromatic carbocycles. The lowest BCUT2D eigenvalue weighted by Gasteiger charge is -2.42. The van der Waals surface area contributed by atoms with Crippen LogP contribution in [0.3, 0.4) is 0 Å². The Kier molecular flexibility index (Phi) is 11.4. The zero-order chi connectivity index (χ0) is 36.8. The van der Waals surface area contributed by atoms with Crippen LogP contribution in [0.5, 0.6) is 11.5 Å². The fourth-order valence-electron chi connectivity index (χ4n) is 6.78. The summed E-state index contributed by atoms with van der Waals surface area (Å²) in [5.41, 5.74) is 1.93. The molecule has 0 spiro atoms. The van der Waals surface area contributed by atoms with Crippen LogP contribution in [0.4, 0.5) is 16.3 Å². The summed E-state index contributed by atoms with van der Waals surface area (Å²) in [7, 11) is 3.00. The Bertz CT molecular complexity index is 1820. The number of carbonyl (C=O) groups excluding carboxylic acids is 3. The van der Waals surface area contributed by atoms with Crippen molar-refractivity contribution in [3.63, 3.8) is 0 Å². The van der Waals surface area contributed by atoms with Gasteiger partial charge in [0.2, 0.25) is 11.7 Å². The van der Waals surface area contributed by atoms with Crippen molar-refractivity contribution in [2.24, 2.45) is 7.05 Å². The maximum Gasteiger partial charge on any atom is 0.416 e. The molecule has 15 nitrogen and oxygen atoms in total. The van der Waals surface area contributed by atoms with Crippen molar-refractivity contribution in [3.8, 4) is 11.5 Å². The van der Waals surface area contributed by atoms with Crippen molar-refractivity contribution in [1.82, 2.24) is 14.5 Å². The smallest absolute Gasteiger partial charge is 0.416 e. The summed E-state index contributed by atoms with van der Waals surface area (Å²) >= 11 is 0. The molecular formula is C37H43N5O10. The van der Waals surface area contributed by atoms with Crippen LogP contribution < -0.4 is 19.7 Å². The van der Waals surface area contributed by atoms with E-state index >= 15 is 0 Å². The second-order valence-electron chi connectivity index (χ2n) is 12.8. The second-order valence-corrected chi connectivity index (χ2v) is 12.8. The Morgan fingerprint density at radius 1 is 1.10 bits per heavy atom. The molecule has 0 saturated carbocycles. The van der Waals surface area contributed by atoms with Gasteiger partial charge >= 0.3 is 12.1 Å². The number of carboxylic acids is 1. The van der Waals surface area contributed by atoms with E-state index in [1.54, 1.807) is 29.2 Å². The van der Waals surface area contributed by atoms with E-state index in [9.17, 15) is 24.3 Å². The third kappa shape index (κ3) is 8.05. The molecule has 1 unspecified atom stereocenters. The van der Waals surface area contributed by atoms with Crippen molar-refractivity contribution < 1.29 is 48.0 Å². The van der Waals surface area contributed by atoms with Gasteiger partial charge < -0.3 is 43.6 Å². The molecule has 52 heavy (non-hydrogen) atoms. The van der Waals surface area contributed by atoms with Gasteiger partial charge in [0.25, 0.3) is 5.91 Å². The zero-order valence-corrected chi connectivity index (χ0v) is 29.2. The number of aryl methyl sites for hydroxylation is 1. The average molecular weight is 718 g/mol. The van der Waals surface area contributed by atoms with E-state index in [1.165, 1.54) is 35.9 Å². The fourth-order valence-corrected chi connectivity index (χ4v) is 6.78. The maximum absolute atomic E-state index is 14.2. The van der Waals surface area contributed by atoms with Crippen LogP contribution in [0.25, 0.3) is 0 Å². The monoisotopic (exact) mass is 717 g/mol. The SMILES string of the molecule is C=CCOC(=O)N1c2cc(OCc3cccc(CC(=O)Nc4cn(C)c(C(=O)O)n4)c3)c(OC)cc2C(=O)N2CCCC[C@H]2[C@@H]1OC1CCCCO1. The average Bonchev–Trinajstić information content (AvgIpc) is 3.48. The van der Waals surface area contributed by atoms with Crippen LogP contribution >= 0.6 is 0 Å². The topological polar surface area (TPSA) is 171 Å². The lowest BCUT2D eigenvalue weighted by atomic mass is 10.00. The molecule has 3 aliphatic heterocycles. The molecule has 0 radical (unpaired) electrons. The number of hydrogen-bond donors (Lipinski definition) is 2. The van der Waals surface area contributed by atoms with Gasteiger partial charge in [-0.15, -0.1) is 0 Å². The summed E-state index contributed by atoms with van der Waals surface area (Å²) in [5.74, 6) is -1.32. The van der Waals surface area contributed by atoms with E-state index in [0.717, 1.165) is 31.2 Å². The van der Waals surface area contributed by atoms with Crippen LogP contribution in [-0.2, 0) is 39.1 Å². The number of carboxylic acid groups (broad SMARTS) is 1. The number of rotatable bonds is 12. The van der Waals surface area contributed by atoms with Gasteiger partial charge in [-0.3, -0.25) is 9.59 Å². The molecular weight excluding hydrogens is 674 g/mol. The number of imidazole rings is 1. The van der Waals surface area contributed by atoms with Gasteiger partial charge in [0.1, 0.15) is 13.2 Å². The number of amides is 3. The zero-order valence-electron chi connectivity index (χ0n) is 29.2. The highest BCUT2D eigenvalue weighted by atomic mass is 16.7. The number of carbonyl (C=O) groups is 4. The van der Waals surface area contributed by atoms with Gasteiger partial charge in [0.05, 0.1) is 30.8 Å². The Hall–Kier alpha value is -5.41. The number of nitrogens with one attached hydrogen (secondary N) is 1. The van der Waals surface area contributed by atoms with E-state index < -0.39 is 30.6 Å². The number of methoxy groups -OCH3 is 1. The van der Waals surface area contributed by atoms with Gasteiger partial charge in [0.15, 0.2) is 29.8 Å². The number of ether oxygens (including phenoxy) is 5. The van der Waals surface area contributed by atoms with Crippen LogP contribution in [0.15, 0.2) is 55.3 Å². The molecule has 3 aliphatic rings. The lowest BCUT2D eigenvalue weighted by molar-refractivity contribution is -0.198. The summed E-state index contributed by atoms with van der Waals surface area (Å²) in [5, 5.41) is 11.9. The summed E-state index contributed by atoms with van der Waals surface area (Å²) in [6, 6.07) is 9.97. The molecule has 4 heterocycles. The van der Waals surface area contributed by atoms with Gasteiger partial charge in [-0.2, -0.15) is 0 Å². The van der Waals surface area contributed by atoms with Crippen LogP contribution in [-0.4, -0.2) is 88.9 Å². The lowest BCUT2D eigenvalue weighted by Crippen LogP contribution is -2.57. The van der Waals surface area contributed by atoms with Gasteiger partial charge in [-0.05, 0) is 55.7 Å². The predicted molar refractivity (Wildman–Crippen MR) is 187 cm³/mol. The second kappa shape index (κ2) is 16.3. The molecule has 3 atom stereocenters. The Labute approximate surface area is 301 Å². The van der Waals surface area contributed by atoms with Crippen LogP contribution in [0.1, 0.15) is 70.6 Å². The number of aromatic nitrogens is 2. The van der Waals surface area contributed by atoms with Crippen molar-refractivity contribution >= 4 is 35.4 Å². The van der Waals surface area contributed by atoms with Gasteiger partial charge in [0, 0.05) is 32.5 Å². The normalized spacial score (nSPS) is 19.9. The van der Waals surface area contributed by atoms with E-state index in [4.69, 9.17) is 23.7 Å². The number of aromatic carboxylic acids is 1. The Morgan fingerprint density at radius 3 is 2.63 bits per heavy atom. The highest BCUT2D eigenvalue weighted by Gasteiger charge is 2.47. The molecule has 2 N–H and O–H groups in total. The number of fused-ring (bicyclic) bond motifs is 2. The van der Waals surface area contributed by atoms with E-state index in [2.05, 4.69) is 16.9 Å². The van der Waals surface area contributed by atoms with Crippen molar-refractivity contribution in [2.75, 3.05) is 37.1 Å². The number of piperidine rings is 1. The van der Waals surface area contributed by atoms with E-state index in [-0.39, 0.29) is 60.1 Å². The summed E-state index contributed by atoms with van der Waals surface area (Å²) in [4.78, 5) is 59.3. The van der Waals surface area contributed by atoms with Crippen molar-refractivity contribution in [2.45, 2.75) is 70.1 Å². The first-order chi connectivity index (χ1) is 25.2. The van der Waals surface area contributed by atoms with E-state index in [1.807, 2.05) is 12.1 Å². The number of nitrogens with zero attached hydrogens (tertiary/aromatic N) is 4. The number of benzene rings is 2. The van der Waals surface area contributed by atoms with Gasteiger partial charge in [-0.1, -0.05) is 36.9 Å². The third-order valence-corrected chi connectivity index (χ3v) is 9.20. The summed E-state index contributed by atoms with van der Waals surface area (Å²) < 4.78 is 31.4. The summed E-state index contributed by atoms with van der Waals surface area (Å²) in [6.07, 6.45) is 5.56. The number of anilines is 2. The van der Waals surface area contributed by atoms with Crippen molar-refractivity contribution in [1.29, 1.82) is 0 Å². The molecule has 2 saturated heterocycles. The van der Waals surface area contributed by atoms with Crippen LogP contribution in [0.2, 0.25) is 0 Å². The minimum absolute atomic E-state index is 0.00262. The molecule has 6 rings (SSSR count). The number of hydrogen-bond acceptors (Lipinski definition) is 10. The van der Waals surface area contributed by atoms with Gasteiger partial charge in [-0.25, -0.2) is 19.5 Å². The van der Waals surface area contributed by atoms with Crippen molar-refractivity contribution in [3.05, 3.63) is 77.8 Å². The first-order valence-electron chi connectivity index (χ1n) is 17.3. The third-order valence-electron chi connectivity index (χ3n) is 9.20. The maximum atomic E-state index is 14.2. The standard InChI is InChI=1S/C37H43N5O10/c1-4-15-50-37(47)42-27-20-29(51-22-24-11-9-10-23(17-24)18-31(43)38-30-21-40(2)33(39-30)36(45)46)28(48-3)19-25(27)34(44)41-14-7-5-12-26(41)35(42)52-32-13-6-8-16-49-32/h4,9-11,17,19-21,26,32,35H,1,5-8,12-16,18,22H2,2-3H3,(H,38,43)(H,45,46)/t26-,32?,35-/m0/s1. The highest BCUT2D eigenvalue weighted by molar-refractivity contribution is 6.06. The first-order valence-corrected chi connectivity index (χ1v) is 17.3. The predicted octanol–water partition coefficient (Wildman–Crippen LogP) is 4.89. The van der Waals surface area contributed by atoms with Crippen LogP contribution in [0, 0.1) is 0 Å². The molecule has 3 aromatic rings. The minimum Gasteiger partial charge on any atom is -0.493 e. The van der Waals surface area contributed by atoms with E-state index in [0.29, 0.717) is 37.3 Å². The quantitative estimate of drug-likeness (QED) is 0.245. The molecule has 0 bridgehead atoms. The Balaban J connectivity index is 1.27. The molecule has 276 valence electrons. The first kappa shape index (κ1) is 36.4. The minimum atomic E-state index is -1.20. The summed E-state index contributed by atoms with van der Waals surface area (Å²) in [6.45, 7) is 4.75. The Morgan fingerprint density at radius 2 is 1.90 bits per heavy atom. The molecule has 0 aliphatic carbocycles. The fraction of sp³-hybridized carbons (Fsp3) is 0.432. The molecule has 2 fully saturated rings. The molecule has 3 amide bonds. The largest absolute Gasteiger partial charge is 0.493 e. The highest BCUT2D eigenvalue weighted by Crippen LogP contribution is 2.42. The molecule has 1 aromatic heterocycles. The molecule has 15 heteroatoms.